The third kappa shape index (κ3) is 1.78. The van der Waals surface area contributed by atoms with Gasteiger partial charge in [-0.25, -0.2) is 4.98 Å². The molecule has 0 spiro atoms. The minimum Gasteiger partial charge on any atom is -0.399 e. The number of benzene rings is 2. The molecule has 0 aliphatic rings. The van der Waals surface area contributed by atoms with Gasteiger partial charge in [-0.3, -0.25) is 0 Å². The van der Waals surface area contributed by atoms with Crippen molar-refractivity contribution in [3.8, 4) is 10.6 Å². The number of anilines is 1. The zero-order chi connectivity index (χ0) is 11.8. The van der Waals surface area contributed by atoms with Gasteiger partial charge in [0.2, 0.25) is 0 Å². The van der Waals surface area contributed by atoms with Gasteiger partial charge in [0.25, 0.3) is 0 Å². The average molecular weight is 240 g/mol. The topological polar surface area (TPSA) is 38.9 Å². The number of hydrogen-bond acceptors (Lipinski definition) is 3. The summed E-state index contributed by atoms with van der Waals surface area (Å²) in [5.74, 6) is 0. The highest BCUT2D eigenvalue weighted by molar-refractivity contribution is 7.21. The fourth-order valence-corrected chi connectivity index (χ4v) is 2.87. The molecule has 0 unspecified atom stereocenters. The summed E-state index contributed by atoms with van der Waals surface area (Å²) in [5.41, 5.74) is 9.95. The molecule has 0 aliphatic heterocycles. The van der Waals surface area contributed by atoms with Crippen LogP contribution in [0.2, 0.25) is 0 Å². The second-order valence-electron chi connectivity index (χ2n) is 4.06. The van der Waals surface area contributed by atoms with Crippen LogP contribution in [0.5, 0.6) is 0 Å². The van der Waals surface area contributed by atoms with E-state index in [1.165, 1.54) is 10.3 Å². The van der Waals surface area contributed by atoms with E-state index in [1.54, 1.807) is 11.3 Å². The van der Waals surface area contributed by atoms with Crippen LogP contribution in [0.4, 0.5) is 5.69 Å². The van der Waals surface area contributed by atoms with Gasteiger partial charge in [-0.2, -0.15) is 0 Å². The highest BCUT2D eigenvalue weighted by Crippen LogP contribution is 2.32. The molecule has 2 nitrogen and oxygen atoms in total. The van der Waals surface area contributed by atoms with Gasteiger partial charge in [0, 0.05) is 11.3 Å². The van der Waals surface area contributed by atoms with E-state index in [9.17, 15) is 0 Å². The number of aryl methyl sites for hydroxylation is 1. The lowest BCUT2D eigenvalue weighted by Crippen LogP contribution is -1.83. The summed E-state index contributed by atoms with van der Waals surface area (Å²) in [4.78, 5) is 4.65. The molecule has 0 fully saturated rings. The first-order valence-corrected chi connectivity index (χ1v) is 6.28. The van der Waals surface area contributed by atoms with E-state index in [0.29, 0.717) is 0 Å². The van der Waals surface area contributed by atoms with Crippen LogP contribution >= 0.6 is 11.3 Å². The lowest BCUT2D eigenvalue weighted by Gasteiger charge is -1.95. The SMILES string of the molecule is Cc1cccc2nc(-c3ccc(N)cc3)sc12. The zero-order valence-corrected chi connectivity index (χ0v) is 10.3. The van der Waals surface area contributed by atoms with Crippen LogP contribution in [0, 0.1) is 6.92 Å². The summed E-state index contributed by atoms with van der Waals surface area (Å²) in [6.45, 7) is 2.12. The van der Waals surface area contributed by atoms with Gasteiger partial charge >= 0.3 is 0 Å². The summed E-state index contributed by atoms with van der Waals surface area (Å²) < 4.78 is 1.26. The van der Waals surface area contributed by atoms with Gasteiger partial charge in [0.15, 0.2) is 0 Å². The Hall–Kier alpha value is -1.87. The van der Waals surface area contributed by atoms with Crippen molar-refractivity contribution in [1.29, 1.82) is 0 Å². The van der Waals surface area contributed by atoms with E-state index in [2.05, 4.69) is 24.0 Å². The van der Waals surface area contributed by atoms with Gasteiger partial charge in [-0.05, 0) is 42.8 Å². The minimum absolute atomic E-state index is 0.783. The summed E-state index contributed by atoms with van der Waals surface area (Å²) in [6.07, 6.45) is 0. The van der Waals surface area contributed by atoms with Crippen LogP contribution in [0.1, 0.15) is 5.56 Å². The first-order chi connectivity index (χ1) is 8.24. The fourth-order valence-electron chi connectivity index (χ4n) is 1.84. The molecule has 2 N–H and O–H groups in total. The Bertz CT molecular complexity index is 668. The van der Waals surface area contributed by atoms with Gasteiger partial charge in [0.05, 0.1) is 10.2 Å². The molecule has 2 aromatic carbocycles. The fraction of sp³-hybridized carbons (Fsp3) is 0.0714. The highest BCUT2D eigenvalue weighted by atomic mass is 32.1. The lowest BCUT2D eigenvalue weighted by molar-refractivity contribution is 1.46. The maximum Gasteiger partial charge on any atom is 0.124 e. The molecule has 3 rings (SSSR count). The number of aromatic nitrogens is 1. The molecule has 84 valence electrons. The number of nitrogen functional groups attached to an aromatic ring is 1. The molecule has 3 heteroatoms. The molecule has 3 aromatic rings. The van der Waals surface area contributed by atoms with Crippen molar-refractivity contribution >= 4 is 27.2 Å². The van der Waals surface area contributed by atoms with Crippen LogP contribution in [0.15, 0.2) is 42.5 Å². The Morgan fingerprint density at radius 1 is 1.06 bits per heavy atom. The maximum atomic E-state index is 5.69. The van der Waals surface area contributed by atoms with E-state index >= 15 is 0 Å². The standard InChI is InChI=1S/C14H12N2S/c1-9-3-2-4-12-13(9)17-14(16-12)10-5-7-11(15)8-6-10/h2-8H,15H2,1H3. The van der Waals surface area contributed by atoms with E-state index in [1.807, 2.05) is 30.3 Å². The Balaban J connectivity index is 2.18. The number of nitrogens with zero attached hydrogens (tertiary/aromatic N) is 1. The maximum absolute atomic E-state index is 5.69. The van der Waals surface area contributed by atoms with Crippen molar-refractivity contribution in [3.63, 3.8) is 0 Å². The van der Waals surface area contributed by atoms with Gasteiger partial charge in [-0.15, -0.1) is 11.3 Å². The number of fused-ring (bicyclic) bond motifs is 1. The van der Waals surface area contributed by atoms with Crippen LogP contribution in [0.3, 0.4) is 0 Å². The smallest absolute Gasteiger partial charge is 0.124 e. The monoisotopic (exact) mass is 240 g/mol. The largest absolute Gasteiger partial charge is 0.399 e. The molecule has 0 amide bonds. The molecule has 0 radical (unpaired) electrons. The first-order valence-electron chi connectivity index (χ1n) is 5.46. The molecular weight excluding hydrogens is 228 g/mol. The average Bonchev–Trinajstić information content (AvgIpc) is 2.75. The molecule has 0 aliphatic carbocycles. The summed E-state index contributed by atoms with van der Waals surface area (Å²) in [5, 5.41) is 1.05. The Kier molecular flexibility index (Phi) is 2.34. The number of hydrogen-bond donors (Lipinski definition) is 1. The number of nitrogens with two attached hydrogens (primary N) is 1. The van der Waals surface area contributed by atoms with Gasteiger partial charge < -0.3 is 5.73 Å². The highest BCUT2D eigenvalue weighted by Gasteiger charge is 2.07. The summed E-state index contributed by atoms with van der Waals surface area (Å²) >= 11 is 1.73. The van der Waals surface area contributed by atoms with Crippen LogP contribution in [-0.2, 0) is 0 Å². The van der Waals surface area contributed by atoms with Gasteiger partial charge in [-0.1, -0.05) is 12.1 Å². The number of thiazole rings is 1. The normalized spacial score (nSPS) is 10.9. The quantitative estimate of drug-likeness (QED) is 0.656. The van der Waals surface area contributed by atoms with E-state index in [-0.39, 0.29) is 0 Å². The lowest BCUT2D eigenvalue weighted by atomic mass is 10.2. The Morgan fingerprint density at radius 2 is 1.82 bits per heavy atom. The predicted octanol–water partition coefficient (Wildman–Crippen LogP) is 3.85. The summed E-state index contributed by atoms with van der Waals surface area (Å²) in [6, 6.07) is 14.1. The van der Waals surface area contributed by atoms with E-state index in [4.69, 9.17) is 5.73 Å². The van der Waals surface area contributed by atoms with Crippen molar-refractivity contribution in [3.05, 3.63) is 48.0 Å². The van der Waals surface area contributed by atoms with Crippen LogP contribution in [0.25, 0.3) is 20.8 Å². The molecule has 0 bridgehead atoms. The second-order valence-corrected chi connectivity index (χ2v) is 5.06. The summed E-state index contributed by atoms with van der Waals surface area (Å²) in [7, 11) is 0. The molecule has 0 saturated heterocycles. The van der Waals surface area contributed by atoms with Crippen LogP contribution in [-0.4, -0.2) is 4.98 Å². The van der Waals surface area contributed by atoms with Gasteiger partial charge in [0.1, 0.15) is 5.01 Å². The minimum atomic E-state index is 0.783. The molecule has 17 heavy (non-hydrogen) atoms. The van der Waals surface area contributed by atoms with Crippen molar-refractivity contribution in [1.82, 2.24) is 4.98 Å². The number of rotatable bonds is 1. The predicted molar refractivity (Wildman–Crippen MR) is 74.2 cm³/mol. The van der Waals surface area contributed by atoms with Crippen molar-refractivity contribution < 1.29 is 0 Å². The zero-order valence-electron chi connectivity index (χ0n) is 9.47. The third-order valence-electron chi connectivity index (χ3n) is 2.77. The molecule has 0 saturated carbocycles. The molecular formula is C14H12N2S. The van der Waals surface area contributed by atoms with Crippen molar-refractivity contribution in [2.24, 2.45) is 0 Å². The van der Waals surface area contributed by atoms with E-state index < -0.39 is 0 Å². The Morgan fingerprint density at radius 3 is 2.53 bits per heavy atom. The third-order valence-corrected chi connectivity index (χ3v) is 4.03. The molecule has 1 heterocycles. The molecule has 0 atom stereocenters. The van der Waals surface area contributed by atoms with Crippen LogP contribution < -0.4 is 5.73 Å². The van der Waals surface area contributed by atoms with E-state index in [0.717, 1.165) is 21.8 Å². The Labute approximate surface area is 104 Å². The first kappa shape index (κ1) is 10.3. The van der Waals surface area contributed by atoms with Crippen molar-refractivity contribution in [2.45, 2.75) is 6.92 Å². The second kappa shape index (κ2) is 3.86. The van der Waals surface area contributed by atoms with Crippen molar-refractivity contribution in [2.75, 3.05) is 5.73 Å². The molecule has 1 aromatic heterocycles.